The predicted molar refractivity (Wildman–Crippen MR) is 250 cm³/mol. The highest BCUT2D eigenvalue weighted by molar-refractivity contribution is 5.98. The summed E-state index contributed by atoms with van der Waals surface area (Å²) in [5, 5.41) is 24.4. The molecule has 0 unspecified atom stereocenters. The lowest BCUT2D eigenvalue weighted by Crippen LogP contribution is -2.53. The molecule has 0 saturated heterocycles. The molecule has 0 radical (unpaired) electrons. The summed E-state index contributed by atoms with van der Waals surface area (Å²) in [6.07, 6.45) is 2.19. The zero-order valence-electron chi connectivity index (χ0n) is 39.2. The van der Waals surface area contributed by atoms with Crippen LogP contribution in [0.5, 0.6) is 0 Å². The summed E-state index contributed by atoms with van der Waals surface area (Å²) < 4.78 is 54.7. The molecule has 3 amide bonds. The Kier molecular flexibility index (Phi) is 37.7. The lowest BCUT2D eigenvalue weighted by molar-refractivity contribution is -0.131. The first-order valence-corrected chi connectivity index (χ1v) is 23.0. The van der Waals surface area contributed by atoms with E-state index in [0.29, 0.717) is 150 Å². The highest BCUT2D eigenvalue weighted by atomic mass is 16.6. The maximum atomic E-state index is 13.7. The van der Waals surface area contributed by atoms with Gasteiger partial charge in [-0.25, -0.2) is 0 Å². The number of nitrogens with zero attached hydrogens (tertiary/aromatic N) is 3. The van der Waals surface area contributed by atoms with Gasteiger partial charge in [0.2, 0.25) is 17.7 Å². The number of anilines is 1. The standard InChI is InChI=1S/C46H75N7O14/c1-48-15-6-5-9-42(45(56)50-41-12-10-40(38-54)11-13-41)52-46(57)43(37-39-7-3-2-4-8-39)51-44(55)14-17-58-19-21-60-23-25-62-27-29-64-31-33-66-35-36-67-34-32-65-30-28-63-26-24-61-22-20-59-18-16-49-53-47/h2-4,7-8,10-13,42-43,48,54H,5-6,9,14-38H2,1H3,(H,50,56)(H,51,55)(H,52,57)/t42-,43-/m0/s1. The molecule has 0 bridgehead atoms. The predicted octanol–water partition coefficient (Wildman–Crippen LogP) is 2.59. The Balaban J connectivity index is 1.47. The minimum Gasteiger partial charge on any atom is -0.392 e. The first-order valence-electron chi connectivity index (χ1n) is 23.0. The van der Waals surface area contributed by atoms with Crippen LogP contribution in [0.1, 0.15) is 36.8 Å². The van der Waals surface area contributed by atoms with Gasteiger partial charge in [-0.15, -0.1) is 0 Å². The molecule has 2 aromatic carbocycles. The van der Waals surface area contributed by atoms with Crippen LogP contribution < -0.4 is 21.3 Å². The number of aliphatic hydroxyl groups is 1. The summed E-state index contributed by atoms with van der Waals surface area (Å²) in [6.45, 7) is 9.21. The summed E-state index contributed by atoms with van der Waals surface area (Å²) in [5.41, 5.74) is 10.3. The van der Waals surface area contributed by atoms with E-state index in [1.165, 1.54) is 0 Å². The van der Waals surface area contributed by atoms with Gasteiger partial charge in [-0.05, 0) is 61.6 Å². The molecule has 21 heteroatoms. The van der Waals surface area contributed by atoms with Gasteiger partial charge in [0.05, 0.1) is 139 Å². The van der Waals surface area contributed by atoms with Crippen molar-refractivity contribution in [2.75, 3.05) is 158 Å². The summed E-state index contributed by atoms with van der Waals surface area (Å²) in [5.74, 6) is -1.19. The normalized spacial score (nSPS) is 12.0. The van der Waals surface area contributed by atoms with Crippen molar-refractivity contribution in [2.45, 2.75) is 50.8 Å². The molecule has 67 heavy (non-hydrogen) atoms. The molecule has 21 nitrogen and oxygen atoms in total. The number of nitrogens with one attached hydrogen (secondary N) is 4. The SMILES string of the molecule is CNCCCC[C@H](NC(=O)[C@H](Cc1ccccc1)NC(=O)CCOCCOCCOCCOCCOCCOCCOCCOCCOCCOCCN=[N+]=[N-])C(=O)Nc1ccc(CO)cc1. The maximum Gasteiger partial charge on any atom is 0.246 e. The molecular weight excluding hydrogens is 875 g/mol. The van der Waals surface area contributed by atoms with E-state index in [1.807, 2.05) is 37.4 Å². The van der Waals surface area contributed by atoms with Gasteiger partial charge in [-0.3, -0.25) is 14.4 Å². The van der Waals surface area contributed by atoms with Crippen molar-refractivity contribution in [1.82, 2.24) is 16.0 Å². The van der Waals surface area contributed by atoms with Crippen molar-refractivity contribution in [3.05, 3.63) is 76.2 Å². The van der Waals surface area contributed by atoms with Crippen LogP contribution in [0.2, 0.25) is 0 Å². The highest BCUT2D eigenvalue weighted by Gasteiger charge is 2.27. The van der Waals surface area contributed by atoms with Crippen LogP contribution in [0.3, 0.4) is 0 Å². The molecule has 2 aromatic rings. The van der Waals surface area contributed by atoms with Gasteiger partial charge >= 0.3 is 0 Å². The molecule has 378 valence electrons. The van der Waals surface area contributed by atoms with E-state index < -0.39 is 18.0 Å². The average Bonchev–Trinajstić information content (AvgIpc) is 3.34. The third-order valence-corrected chi connectivity index (χ3v) is 9.36. The monoisotopic (exact) mass is 950 g/mol. The lowest BCUT2D eigenvalue weighted by atomic mass is 10.0. The van der Waals surface area contributed by atoms with Gasteiger partial charge in [-0.1, -0.05) is 47.6 Å². The van der Waals surface area contributed by atoms with Crippen LogP contribution in [0.4, 0.5) is 5.69 Å². The van der Waals surface area contributed by atoms with E-state index >= 15 is 0 Å². The van der Waals surface area contributed by atoms with Crippen molar-refractivity contribution in [1.29, 1.82) is 0 Å². The Morgan fingerprint density at radius 1 is 0.567 bits per heavy atom. The number of hydrogen-bond donors (Lipinski definition) is 5. The van der Waals surface area contributed by atoms with Gasteiger partial charge in [0, 0.05) is 30.0 Å². The third kappa shape index (κ3) is 33.7. The van der Waals surface area contributed by atoms with Crippen LogP contribution in [0.15, 0.2) is 59.7 Å². The summed E-state index contributed by atoms with van der Waals surface area (Å²) in [4.78, 5) is 42.8. The molecule has 0 spiro atoms. The fraction of sp³-hybridized carbons (Fsp3) is 0.674. The van der Waals surface area contributed by atoms with E-state index in [1.54, 1.807) is 24.3 Å². The second kappa shape index (κ2) is 43.0. The first-order chi connectivity index (χ1) is 33.0. The highest BCUT2D eigenvalue weighted by Crippen LogP contribution is 2.12. The number of ether oxygens (including phenoxy) is 10. The molecule has 0 aliphatic carbocycles. The maximum absolute atomic E-state index is 13.7. The zero-order valence-corrected chi connectivity index (χ0v) is 39.2. The van der Waals surface area contributed by atoms with Gasteiger partial charge in [0.25, 0.3) is 0 Å². The fourth-order valence-electron chi connectivity index (χ4n) is 5.84. The second-order valence-electron chi connectivity index (χ2n) is 14.6. The minimum absolute atomic E-state index is 0.0345. The van der Waals surface area contributed by atoms with Crippen molar-refractivity contribution in [3.8, 4) is 0 Å². The number of rotatable bonds is 46. The molecule has 0 aromatic heterocycles. The minimum atomic E-state index is -0.921. The second-order valence-corrected chi connectivity index (χ2v) is 14.6. The molecule has 2 atom stereocenters. The number of carbonyl (C=O) groups excluding carboxylic acids is 3. The van der Waals surface area contributed by atoms with Crippen LogP contribution in [-0.2, 0) is 74.8 Å². The molecule has 0 saturated carbocycles. The molecule has 0 heterocycles. The Morgan fingerprint density at radius 2 is 1.03 bits per heavy atom. The number of unbranched alkanes of at least 4 members (excludes halogenated alkanes) is 1. The number of hydrogen-bond acceptors (Lipinski definition) is 16. The van der Waals surface area contributed by atoms with Crippen molar-refractivity contribution >= 4 is 23.4 Å². The van der Waals surface area contributed by atoms with Crippen LogP contribution in [0, 0.1) is 0 Å². The zero-order chi connectivity index (χ0) is 48.1. The van der Waals surface area contributed by atoms with E-state index in [9.17, 15) is 19.5 Å². The molecule has 0 fully saturated rings. The van der Waals surface area contributed by atoms with Crippen molar-refractivity contribution < 1.29 is 66.9 Å². The van der Waals surface area contributed by atoms with Crippen LogP contribution in [0.25, 0.3) is 10.4 Å². The topological polar surface area (TPSA) is 261 Å². The summed E-state index contributed by atoms with van der Waals surface area (Å²) in [7, 11) is 1.86. The number of benzene rings is 2. The molecule has 2 rings (SSSR count). The van der Waals surface area contributed by atoms with Crippen LogP contribution in [-0.4, -0.2) is 187 Å². The van der Waals surface area contributed by atoms with Gasteiger partial charge in [0.1, 0.15) is 12.1 Å². The number of azide groups is 1. The molecular formula is C46H75N7O14. The van der Waals surface area contributed by atoms with E-state index in [4.69, 9.17) is 52.9 Å². The van der Waals surface area contributed by atoms with Gasteiger partial charge < -0.3 is 73.7 Å². The lowest BCUT2D eigenvalue weighted by Gasteiger charge is -2.23. The smallest absolute Gasteiger partial charge is 0.246 e. The van der Waals surface area contributed by atoms with E-state index in [0.717, 1.165) is 18.5 Å². The van der Waals surface area contributed by atoms with Crippen LogP contribution >= 0.6 is 0 Å². The average molecular weight is 950 g/mol. The quantitative estimate of drug-likeness (QED) is 0.0277. The van der Waals surface area contributed by atoms with Crippen molar-refractivity contribution in [3.63, 3.8) is 0 Å². The molecule has 5 N–H and O–H groups in total. The third-order valence-electron chi connectivity index (χ3n) is 9.36. The number of carbonyl (C=O) groups is 3. The summed E-state index contributed by atoms with van der Waals surface area (Å²) in [6, 6.07) is 14.4. The van der Waals surface area contributed by atoms with Gasteiger partial charge in [-0.2, -0.15) is 0 Å². The molecule has 0 aliphatic heterocycles. The Morgan fingerprint density at radius 3 is 1.48 bits per heavy atom. The summed E-state index contributed by atoms with van der Waals surface area (Å²) >= 11 is 0. The Bertz CT molecular complexity index is 1560. The van der Waals surface area contributed by atoms with E-state index in [-0.39, 0.29) is 44.5 Å². The first kappa shape index (κ1) is 58.8. The van der Waals surface area contributed by atoms with E-state index in [2.05, 4.69) is 31.3 Å². The van der Waals surface area contributed by atoms with Crippen molar-refractivity contribution in [2.24, 2.45) is 5.11 Å². The largest absolute Gasteiger partial charge is 0.392 e. The van der Waals surface area contributed by atoms with Gasteiger partial charge in [0.15, 0.2) is 0 Å². The Labute approximate surface area is 395 Å². The number of aliphatic hydroxyl groups excluding tert-OH is 1. The molecule has 0 aliphatic rings. The fourth-order valence-corrected chi connectivity index (χ4v) is 5.84. The Hall–Kier alpha value is -4.32. The number of amides is 3.